The molecule has 5 heteroatoms. The van der Waals surface area contributed by atoms with Crippen LogP contribution < -0.4 is 0 Å². The molecule has 0 radical (unpaired) electrons. The third kappa shape index (κ3) is 1.50. The maximum atomic E-state index is 12.3. The number of aromatic amines is 1. The second-order valence-corrected chi connectivity index (χ2v) is 4.85. The van der Waals surface area contributed by atoms with Crippen LogP contribution in [-0.4, -0.2) is 26.7 Å². The fourth-order valence-corrected chi connectivity index (χ4v) is 2.84. The average Bonchev–Trinajstić information content (AvgIpc) is 2.99. The Kier molecular flexibility index (Phi) is 2.54. The van der Waals surface area contributed by atoms with Crippen molar-refractivity contribution < 1.29 is 9.59 Å². The molecule has 1 fully saturated rings. The summed E-state index contributed by atoms with van der Waals surface area (Å²) in [4.78, 5) is 33.1. The number of rotatable bonds is 2. The molecule has 1 N–H and O–H groups in total. The molecule has 18 heavy (non-hydrogen) atoms. The minimum atomic E-state index is -0.314. The highest BCUT2D eigenvalue weighted by Crippen LogP contribution is 2.38. The van der Waals surface area contributed by atoms with Crippen LogP contribution in [-0.2, 0) is 9.59 Å². The number of carbonyl (C=O) groups is 2. The van der Waals surface area contributed by atoms with E-state index in [4.69, 9.17) is 0 Å². The molecule has 94 valence electrons. The fraction of sp³-hybridized carbons (Fsp3) is 0.462. The fourth-order valence-electron chi connectivity index (χ4n) is 2.84. The van der Waals surface area contributed by atoms with Crippen molar-refractivity contribution in [2.75, 3.05) is 0 Å². The van der Waals surface area contributed by atoms with Gasteiger partial charge in [0.1, 0.15) is 5.82 Å². The van der Waals surface area contributed by atoms with Gasteiger partial charge in [-0.1, -0.05) is 12.2 Å². The summed E-state index contributed by atoms with van der Waals surface area (Å²) in [5, 5.41) is 0. The maximum absolute atomic E-state index is 12.3. The summed E-state index contributed by atoms with van der Waals surface area (Å²) in [5.41, 5.74) is 0. The molecule has 1 aliphatic carbocycles. The van der Waals surface area contributed by atoms with Crippen molar-refractivity contribution in [3.63, 3.8) is 0 Å². The molecule has 1 aliphatic heterocycles. The van der Waals surface area contributed by atoms with Crippen molar-refractivity contribution in [2.24, 2.45) is 11.8 Å². The molecule has 1 aromatic rings. The maximum Gasteiger partial charge on any atom is 0.234 e. The summed E-state index contributed by atoms with van der Waals surface area (Å²) in [5.74, 6) is 0.208. The molecular weight excluding hydrogens is 230 g/mol. The van der Waals surface area contributed by atoms with Crippen LogP contribution in [0.4, 0.5) is 0 Å². The third-order valence-electron chi connectivity index (χ3n) is 3.84. The molecule has 1 saturated heterocycles. The van der Waals surface area contributed by atoms with Crippen LogP contribution in [0, 0.1) is 11.8 Å². The van der Waals surface area contributed by atoms with Gasteiger partial charge in [-0.05, 0) is 19.8 Å². The lowest BCUT2D eigenvalue weighted by Gasteiger charge is -2.21. The minimum Gasteiger partial charge on any atom is -0.347 e. The Bertz CT molecular complexity index is 480. The molecular formula is C13H15N3O2. The molecule has 2 aliphatic rings. The second-order valence-electron chi connectivity index (χ2n) is 4.85. The van der Waals surface area contributed by atoms with E-state index in [-0.39, 0.29) is 29.7 Å². The Morgan fingerprint density at radius 2 is 1.89 bits per heavy atom. The SMILES string of the molecule is CC(c1ncc[nH]1)N1C(=O)[C@H]2CC=CC[C@H]2C1=O. The number of aromatic nitrogens is 2. The molecule has 2 amide bonds. The molecule has 0 spiro atoms. The molecule has 0 aromatic carbocycles. The van der Waals surface area contributed by atoms with Gasteiger partial charge in [0, 0.05) is 12.4 Å². The highest BCUT2D eigenvalue weighted by Gasteiger charge is 2.49. The summed E-state index contributed by atoms with van der Waals surface area (Å²) >= 11 is 0. The van der Waals surface area contributed by atoms with Crippen LogP contribution in [0.2, 0.25) is 0 Å². The van der Waals surface area contributed by atoms with E-state index in [1.165, 1.54) is 4.90 Å². The van der Waals surface area contributed by atoms with Crippen LogP contribution in [0.5, 0.6) is 0 Å². The van der Waals surface area contributed by atoms with E-state index in [0.717, 1.165) is 0 Å². The zero-order valence-electron chi connectivity index (χ0n) is 10.2. The van der Waals surface area contributed by atoms with E-state index in [9.17, 15) is 9.59 Å². The number of H-pyrrole nitrogens is 1. The summed E-state index contributed by atoms with van der Waals surface area (Å²) in [6.07, 6.45) is 8.67. The first-order valence-corrected chi connectivity index (χ1v) is 6.21. The number of likely N-dealkylation sites (tertiary alicyclic amines) is 1. The van der Waals surface area contributed by atoms with Crippen LogP contribution in [0.3, 0.4) is 0 Å². The quantitative estimate of drug-likeness (QED) is 0.633. The number of allylic oxidation sites excluding steroid dienone is 2. The monoisotopic (exact) mass is 245 g/mol. The van der Waals surface area contributed by atoms with Crippen molar-refractivity contribution in [3.8, 4) is 0 Å². The Balaban J connectivity index is 1.90. The molecule has 1 aromatic heterocycles. The van der Waals surface area contributed by atoms with Gasteiger partial charge in [-0.3, -0.25) is 14.5 Å². The van der Waals surface area contributed by atoms with Crippen molar-refractivity contribution in [2.45, 2.75) is 25.8 Å². The van der Waals surface area contributed by atoms with E-state index in [2.05, 4.69) is 9.97 Å². The van der Waals surface area contributed by atoms with Crippen molar-refractivity contribution in [3.05, 3.63) is 30.4 Å². The first-order chi connectivity index (χ1) is 8.70. The number of fused-ring (bicyclic) bond motifs is 1. The lowest BCUT2D eigenvalue weighted by molar-refractivity contribution is -0.142. The number of nitrogens with one attached hydrogen (secondary N) is 1. The summed E-state index contributed by atoms with van der Waals surface area (Å²) < 4.78 is 0. The number of hydrogen-bond acceptors (Lipinski definition) is 3. The summed E-state index contributed by atoms with van der Waals surface area (Å²) in [6.45, 7) is 1.83. The first kappa shape index (κ1) is 11.2. The van der Waals surface area contributed by atoms with E-state index >= 15 is 0 Å². The topological polar surface area (TPSA) is 66.1 Å². The lowest BCUT2D eigenvalue weighted by atomic mass is 9.85. The molecule has 5 nitrogen and oxygen atoms in total. The number of amides is 2. The zero-order valence-corrected chi connectivity index (χ0v) is 10.2. The summed E-state index contributed by atoms with van der Waals surface area (Å²) in [7, 11) is 0. The van der Waals surface area contributed by atoms with E-state index in [1.807, 2.05) is 19.1 Å². The molecule has 3 atom stereocenters. The minimum absolute atomic E-state index is 0.0572. The van der Waals surface area contributed by atoms with Gasteiger partial charge in [-0.25, -0.2) is 4.98 Å². The molecule has 3 rings (SSSR count). The molecule has 2 heterocycles. The van der Waals surface area contributed by atoms with E-state index in [0.29, 0.717) is 18.7 Å². The van der Waals surface area contributed by atoms with Gasteiger partial charge in [0.2, 0.25) is 11.8 Å². The Morgan fingerprint density at radius 1 is 1.28 bits per heavy atom. The standard InChI is InChI=1S/C13H15N3O2/c1-8(11-14-6-7-15-11)16-12(17)9-4-2-3-5-10(9)13(16)18/h2-3,6-10H,4-5H2,1H3,(H,14,15)/t8?,9-,10+. The third-order valence-corrected chi connectivity index (χ3v) is 3.84. The summed E-state index contributed by atoms with van der Waals surface area (Å²) in [6, 6.07) is -0.314. The second kappa shape index (κ2) is 4.08. The Hall–Kier alpha value is -1.91. The molecule has 0 bridgehead atoms. The first-order valence-electron chi connectivity index (χ1n) is 6.21. The van der Waals surface area contributed by atoms with Gasteiger partial charge in [-0.15, -0.1) is 0 Å². The molecule has 1 unspecified atom stereocenters. The normalized spacial score (nSPS) is 28.6. The van der Waals surface area contributed by atoms with Crippen LogP contribution in [0.1, 0.15) is 31.6 Å². The van der Waals surface area contributed by atoms with Gasteiger partial charge in [0.25, 0.3) is 0 Å². The van der Waals surface area contributed by atoms with Crippen molar-refractivity contribution in [1.82, 2.24) is 14.9 Å². The smallest absolute Gasteiger partial charge is 0.234 e. The largest absolute Gasteiger partial charge is 0.347 e. The number of imide groups is 1. The Morgan fingerprint density at radius 3 is 2.39 bits per heavy atom. The van der Waals surface area contributed by atoms with Gasteiger partial charge in [0.15, 0.2) is 0 Å². The number of hydrogen-bond donors (Lipinski definition) is 1. The number of carbonyl (C=O) groups excluding carboxylic acids is 2. The van der Waals surface area contributed by atoms with E-state index < -0.39 is 0 Å². The number of nitrogens with zero attached hydrogens (tertiary/aromatic N) is 2. The van der Waals surface area contributed by atoms with Crippen LogP contribution in [0.25, 0.3) is 0 Å². The van der Waals surface area contributed by atoms with Crippen molar-refractivity contribution >= 4 is 11.8 Å². The highest BCUT2D eigenvalue weighted by atomic mass is 16.2. The van der Waals surface area contributed by atoms with Gasteiger partial charge in [0.05, 0.1) is 17.9 Å². The van der Waals surface area contributed by atoms with Crippen LogP contribution in [0.15, 0.2) is 24.5 Å². The van der Waals surface area contributed by atoms with Crippen molar-refractivity contribution in [1.29, 1.82) is 0 Å². The van der Waals surface area contributed by atoms with Crippen LogP contribution >= 0.6 is 0 Å². The number of imidazole rings is 1. The van der Waals surface area contributed by atoms with Gasteiger partial charge >= 0.3 is 0 Å². The lowest BCUT2D eigenvalue weighted by Crippen LogP contribution is -2.34. The van der Waals surface area contributed by atoms with E-state index in [1.54, 1.807) is 12.4 Å². The predicted molar refractivity (Wildman–Crippen MR) is 64.2 cm³/mol. The van der Waals surface area contributed by atoms with Gasteiger partial charge in [-0.2, -0.15) is 0 Å². The Labute approximate surface area is 105 Å². The highest BCUT2D eigenvalue weighted by molar-refractivity contribution is 6.05. The predicted octanol–water partition coefficient (Wildman–Crippen LogP) is 1.42. The average molecular weight is 245 g/mol. The van der Waals surface area contributed by atoms with Gasteiger partial charge < -0.3 is 4.98 Å². The molecule has 0 saturated carbocycles. The zero-order chi connectivity index (χ0) is 12.7.